The van der Waals surface area contributed by atoms with Gasteiger partial charge in [-0.15, -0.1) is 0 Å². The van der Waals surface area contributed by atoms with Crippen LogP contribution < -0.4 is 9.64 Å². The Kier molecular flexibility index (Phi) is 8.64. The van der Waals surface area contributed by atoms with Crippen molar-refractivity contribution in [3.63, 3.8) is 0 Å². The van der Waals surface area contributed by atoms with Crippen molar-refractivity contribution in [2.45, 2.75) is 58.0 Å². The molecule has 0 saturated carbocycles. The Morgan fingerprint density at radius 1 is 0.872 bits per heavy atom. The van der Waals surface area contributed by atoms with E-state index in [0.717, 1.165) is 42.3 Å². The molecule has 2 amide bonds. The number of anilines is 2. The lowest BCUT2D eigenvalue weighted by molar-refractivity contribution is 0.0999. The first-order chi connectivity index (χ1) is 22.6. The molecule has 2 bridgehead atoms. The van der Waals surface area contributed by atoms with Crippen LogP contribution in [-0.2, 0) is 19.6 Å². The highest BCUT2D eigenvalue weighted by Gasteiger charge is 2.44. The number of piperazine rings is 1. The molecular weight excluding hydrogens is 641 g/mol. The summed E-state index contributed by atoms with van der Waals surface area (Å²) in [6, 6.07) is 21.4. The Morgan fingerprint density at radius 3 is 2.26 bits per heavy atom. The first-order valence-corrected chi connectivity index (χ1v) is 16.6. The van der Waals surface area contributed by atoms with Gasteiger partial charge >= 0.3 is 6.03 Å². The monoisotopic (exact) mass is 676 g/mol. The molecule has 3 heterocycles. The van der Waals surface area contributed by atoms with Gasteiger partial charge in [0.2, 0.25) is 0 Å². The van der Waals surface area contributed by atoms with Crippen LogP contribution in [0.1, 0.15) is 37.0 Å². The number of carbonyl (C=O) groups is 1. The van der Waals surface area contributed by atoms with E-state index in [-0.39, 0.29) is 24.7 Å². The van der Waals surface area contributed by atoms with E-state index >= 15 is 4.39 Å². The van der Waals surface area contributed by atoms with Gasteiger partial charge in [-0.1, -0.05) is 41.4 Å². The number of likely N-dealkylation sites (tertiary alicyclic amines) is 2. The first-order valence-electron chi connectivity index (χ1n) is 15.9. The number of urea groups is 1. The second kappa shape index (κ2) is 12.7. The Balaban J connectivity index is 1.36. The summed E-state index contributed by atoms with van der Waals surface area (Å²) in [6.07, 6.45) is 1.11. The van der Waals surface area contributed by atoms with Gasteiger partial charge in [-0.05, 0) is 85.5 Å². The summed E-state index contributed by atoms with van der Waals surface area (Å²) in [5, 5.41) is 0.627. The minimum Gasteiger partial charge on any atom is -0.497 e. The number of halogens is 4. The molecule has 3 aliphatic rings. The van der Waals surface area contributed by atoms with E-state index in [9.17, 15) is 9.18 Å². The zero-order valence-corrected chi connectivity index (χ0v) is 28.0. The molecule has 0 spiro atoms. The van der Waals surface area contributed by atoms with Gasteiger partial charge in [-0.25, -0.2) is 13.6 Å². The third-order valence-corrected chi connectivity index (χ3v) is 10.3. The number of ether oxygens (including phenoxy) is 1. The summed E-state index contributed by atoms with van der Waals surface area (Å²) < 4.78 is 35.1. The molecule has 2 saturated heterocycles. The number of hydrogen-bond acceptors (Lipinski definition) is 4. The van der Waals surface area contributed by atoms with Crippen LogP contribution >= 0.6 is 23.2 Å². The minimum absolute atomic E-state index is 0.197. The number of fused-ring (bicyclic) bond motifs is 3. The quantitative estimate of drug-likeness (QED) is 0.187. The predicted molar refractivity (Wildman–Crippen MR) is 182 cm³/mol. The SMILES string of the molecule is COc1ccc(CN2Cc3c(-c4ccc(F)cc4F)cc(CN4CC5CC4CN5C(C)C)cc3N(c3c(Cl)cccc3Cl)C2=O)cc1. The van der Waals surface area contributed by atoms with Crippen molar-refractivity contribution in [1.29, 1.82) is 0 Å². The Hall–Kier alpha value is -3.69. The maximum Gasteiger partial charge on any atom is 0.329 e. The van der Waals surface area contributed by atoms with Crippen LogP contribution in [0.3, 0.4) is 0 Å². The molecule has 7 rings (SSSR count). The van der Waals surface area contributed by atoms with Crippen LogP contribution in [0.15, 0.2) is 72.8 Å². The van der Waals surface area contributed by atoms with Gasteiger partial charge in [0.1, 0.15) is 17.4 Å². The lowest BCUT2D eigenvalue weighted by atomic mass is 9.92. The fraction of sp³-hybridized carbons (Fsp3) is 0.324. The fourth-order valence-electron chi connectivity index (χ4n) is 7.46. The average Bonchev–Trinajstić information content (AvgIpc) is 3.64. The standard InChI is InChI=1S/C37H36Cl2F2N4O2/c1-22(2)44-20-26-16-27(44)19-42(26)18-24-13-30(29-12-9-25(40)15-34(29)41)31-21-43(17-23-7-10-28(47-3)11-8-23)37(46)45(35(31)14-24)36-32(38)5-4-6-33(36)39/h4-15,22,26-27H,16-21H2,1-3H3. The van der Waals surface area contributed by atoms with Crippen LogP contribution in [0, 0.1) is 11.6 Å². The molecule has 2 atom stereocenters. The molecule has 47 heavy (non-hydrogen) atoms. The molecule has 244 valence electrons. The van der Waals surface area contributed by atoms with Gasteiger partial charge in [0.05, 0.1) is 35.1 Å². The second-order valence-electron chi connectivity index (χ2n) is 12.9. The summed E-state index contributed by atoms with van der Waals surface area (Å²) in [4.78, 5) is 22.8. The van der Waals surface area contributed by atoms with Crippen molar-refractivity contribution in [3.8, 4) is 16.9 Å². The highest BCUT2D eigenvalue weighted by molar-refractivity contribution is 6.40. The van der Waals surface area contributed by atoms with Crippen LogP contribution in [0.5, 0.6) is 5.75 Å². The van der Waals surface area contributed by atoms with Gasteiger partial charge in [0.15, 0.2) is 0 Å². The predicted octanol–water partition coefficient (Wildman–Crippen LogP) is 8.89. The normalized spacial score (nSPS) is 19.6. The van der Waals surface area contributed by atoms with Crippen LogP contribution in [-0.4, -0.2) is 59.1 Å². The largest absolute Gasteiger partial charge is 0.497 e. The van der Waals surface area contributed by atoms with Crippen molar-refractivity contribution in [2.75, 3.05) is 25.1 Å². The summed E-state index contributed by atoms with van der Waals surface area (Å²) >= 11 is 13.5. The molecule has 0 radical (unpaired) electrons. The third-order valence-electron chi connectivity index (χ3n) is 9.70. The molecular formula is C37H36Cl2F2N4O2. The average molecular weight is 678 g/mol. The van der Waals surface area contributed by atoms with E-state index in [0.29, 0.717) is 57.4 Å². The third kappa shape index (κ3) is 5.97. The summed E-state index contributed by atoms with van der Waals surface area (Å²) in [5.74, 6) is -0.615. The Labute approximate surface area is 284 Å². The highest BCUT2D eigenvalue weighted by atomic mass is 35.5. The molecule has 10 heteroatoms. The van der Waals surface area contributed by atoms with Crippen LogP contribution in [0.2, 0.25) is 10.0 Å². The summed E-state index contributed by atoms with van der Waals surface area (Å²) in [6.45, 7) is 7.52. The molecule has 2 unspecified atom stereocenters. The van der Waals surface area contributed by atoms with Gasteiger partial charge in [0.25, 0.3) is 0 Å². The number of hydrogen-bond donors (Lipinski definition) is 0. The molecule has 3 aliphatic heterocycles. The number of methoxy groups -OCH3 is 1. The van der Waals surface area contributed by atoms with Crippen molar-refractivity contribution < 1.29 is 18.3 Å². The van der Waals surface area contributed by atoms with Gasteiger partial charge < -0.3 is 9.64 Å². The van der Waals surface area contributed by atoms with Crippen LogP contribution in [0.4, 0.5) is 25.0 Å². The second-order valence-corrected chi connectivity index (χ2v) is 13.7. The minimum atomic E-state index is -0.668. The van der Waals surface area contributed by atoms with Crippen LogP contribution in [0.25, 0.3) is 11.1 Å². The van der Waals surface area contributed by atoms with E-state index in [1.54, 1.807) is 35.1 Å². The molecule has 2 fully saturated rings. The van der Waals surface area contributed by atoms with E-state index in [4.69, 9.17) is 27.9 Å². The first kappa shape index (κ1) is 31.9. The van der Waals surface area contributed by atoms with E-state index in [1.807, 2.05) is 36.4 Å². The summed E-state index contributed by atoms with van der Waals surface area (Å²) in [5.41, 5.74) is 4.34. The van der Waals surface area contributed by atoms with E-state index < -0.39 is 11.6 Å². The van der Waals surface area contributed by atoms with E-state index in [2.05, 4.69) is 23.6 Å². The number of amides is 2. The molecule has 0 aliphatic carbocycles. The number of para-hydroxylation sites is 1. The number of rotatable bonds is 8. The zero-order chi connectivity index (χ0) is 33.0. The number of benzene rings is 4. The lowest BCUT2D eigenvalue weighted by Gasteiger charge is -2.40. The van der Waals surface area contributed by atoms with E-state index in [1.165, 1.54) is 12.1 Å². The smallest absolute Gasteiger partial charge is 0.329 e. The van der Waals surface area contributed by atoms with Crippen molar-refractivity contribution >= 4 is 40.6 Å². The molecule has 0 aromatic heterocycles. The lowest BCUT2D eigenvalue weighted by Crippen LogP contribution is -2.48. The van der Waals surface area contributed by atoms with Crippen molar-refractivity contribution in [1.82, 2.24) is 14.7 Å². The molecule has 6 nitrogen and oxygen atoms in total. The summed E-state index contributed by atoms with van der Waals surface area (Å²) in [7, 11) is 1.60. The topological polar surface area (TPSA) is 39.3 Å². The molecule has 4 aromatic rings. The fourth-order valence-corrected chi connectivity index (χ4v) is 8.02. The number of nitrogens with zero attached hydrogens (tertiary/aromatic N) is 4. The van der Waals surface area contributed by atoms with Gasteiger partial charge in [-0.3, -0.25) is 14.7 Å². The highest BCUT2D eigenvalue weighted by Crippen LogP contribution is 2.47. The molecule has 0 N–H and O–H groups in total. The Morgan fingerprint density at radius 2 is 1.62 bits per heavy atom. The zero-order valence-electron chi connectivity index (χ0n) is 26.5. The molecule has 4 aromatic carbocycles. The van der Waals surface area contributed by atoms with Crippen molar-refractivity contribution in [3.05, 3.63) is 111 Å². The van der Waals surface area contributed by atoms with Crippen molar-refractivity contribution in [2.24, 2.45) is 0 Å². The maximum atomic E-state index is 15.6. The maximum absolute atomic E-state index is 15.6. The van der Waals surface area contributed by atoms with Gasteiger partial charge in [0, 0.05) is 61.5 Å². The van der Waals surface area contributed by atoms with Gasteiger partial charge in [-0.2, -0.15) is 0 Å². The number of carbonyl (C=O) groups excluding carboxylic acids is 1. The Bertz CT molecular complexity index is 1820.